The van der Waals surface area contributed by atoms with E-state index < -0.39 is 5.91 Å². The van der Waals surface area contributed by atoms with Crippen LogP contribution in [0.15, 0.2) is 18.2 Å². The van der Waals surface area contributed by atoms with Gasteiger partial charge >= 0.3 is 11.8 Å². The molecular formula is C26H37N3O2. The van der Waals surface area contributed by atoms with Crippen molar-refractivity contribution in [3.63, 3.8) is 0 Å². The van der Waals surface area contributed by atoms with Gasteiger partial charge in [-0.05, 0) is 99.7 Å². The van der Waals surface area contributed by atoms with Crippen LogP contribution in [0.4, 0.5) is 5.69 Å². The molecule has 2 amide bonds. The van der Waals surface area contributed by atoms with Crippen molar-refractivity contribution in [1.29, 1.82) is 0 Å². The van der Waals surface area contributed by atoms with Gasteiger partial charge < -0.3 is 15.1 Å². The number of carbonyl (C=O) groups is 2. The minimum atomic E-state index is -0.400. The highest BCUT2D eigenvalue weighted by Crippen LogP contribution is 2.61. The summed E-state index contributed by atoms with van der Waals surface area (Å²) in [6.07, 6.45) is 7.89. The van der Waals surface area contributed by atoms with Crippen LogP contribution >= 0.6 is 0 Å². The summed E-state index contributed by atoms with van der Waals surface area (Å²) < 4.78 is 0. The monoisotopic (exact) mass is 423 g/mol. The van der Waals surface area contributed by atoms with Gasteiger partial charge in [-0.1, -0.05) is 12.1 Å². The van der Waals surface area contributed by atoms with Gasteiger partial charge in [-0.2, -0.15) is 0 Å². The van der Waals surface area contributed by atoms with E-state index in [9.17, 15) is 9.59 Å². The van der Waals surface area contributed by atoms with Gasteiger partial charge in [-0.15, -0.1) is 0 Å². The zero-order valence-corrected chi connectivity index (χ0v) is 19.3. The molecule has 1 heterocycles. The Hall–Kier alpha value is -2.04. The summed E-state index contributed by atoms with van der Waals surface area (Å²) in [4.78, 5) is 29.9. The predicted octanol–water partition coefficient (Wildman–Crippen LogP) is 3.67. The third-order valence-electron chi connectivity index (χ3n) is 9.03. The molecular weight excluding hydrogens is 386 g/mol. The average molecular weight is 424 g/mol. The first-order chi connectivity index (χ1) is 14.8. The minimum Gasteiger partial charge on any atom is -0.368 e. The van der Waals surface area contributed by atoms with E-state index in [2.05, 4.69) is 49.2 Å². The Labute approximate surface area is 186 Å². The molecule has 5 heteroatoms. The highest BCUT2D eigenvalue weighted by atomic mass is 16.2. The molecule has 0 aromatic heterocycles. The van der Waals surface area contributed by atoms with Crippen molar-refractivity contribution in [2.75, 3.05) is 31.1 Å². The molecule has 1 atom stereocenters. The van der Waals surface area contributed by atoms with E-state index in [1.165, 1.54) is 55.3 Å². The number of piperazine rings is 1. The molecule has 1 aromatic carbocycles. The average Bonchev–Trinajstić information content (AvgIpc) is 2.74. The molecule has 4 bridgehead atoms. The molecule has 5 fully saturated rings. The number of carbonyl (C=O) groups excluding carboxylic acids is 2. The van der Waals surface area contributed by atoms with Crippen LogP contribution < -0.4 is 10.2 Å². The van der Waals surface area contributed by atoms with Gasteiger partial charge in [-0.3, -0.25) is 9.59 Å². The van der Waals surface area contributed by atoms with Crippen molar-refractivity contribution in [2.45, 2.75) is 65.3 Å². The zero-order chi connectivity index (χ0) is 21.8. The third-order valence-corrected chi connectivity index (χ3v) is 9.03. The molecule has 4 aliphatic carbocycles. The molecule has 1 aliphatic heterocycles. The van der Waals surface area contributed by atoms with Gasteiger partial charge in [0.05, 0.1) is 0 Å². The molecule has 5 nitrogen and oxygen atoms in total. The van der Waals surface area contributed by atoms with Gasteiger partial charge in [0, 0.05) is 37.9 Å². The summed E-state index contributed by atoms with van der Waals surface area (Å²) in [7, 11) is 0. The summed E-state index contributed by atoms with van der Waals surface area (Å²) >= 11 is 0. The van der Waals surface area contributed by atoms with E-state index in [-0.39, 0.29) is 17.4 Å². The lowest BCUT2D eigenvalue weighted by atomic mass is 9.48. The molecule has 4 saturated carbocycles. The van der Waals surface area contributed by atoms with Gasteiger partial charge in [0.1, 0.15) is 0 Å². The predicted molar refractivity (Wildman–Crippen MR) is 123 cm³/mol. The molecule has 1 N–H and O–H groups in total. The lowest BCUT2D eigenvalue weighted by Crippen LogP contribution is -2.58. The number of rotatable bonds is 3. The molecule has 1 unspecified atom stereocenters. The fourth-order valence-electron chi connectivity index (χ4n) is 7.49. The second kappa shape index (κ2) is 7.83. The minimum absolute atomic E-state index is 0.0913. The largest absolute Gasteiger partial charge is 0.368 e. The van der Waals surface area contributed by atoms with E-state index in [1.54, 1.807) is 4.90 Å². The number of nitrogens with one attached hydrogen (secondary N) is 1. The Kier molecular flexibility index (Phi) is 5.26. The smallest absolute Gasteiger partial charge is 0.312 e. The van der Waals surface area contributed by atoms with Gasteiger partial charge in [-0.25, -0.2) is 0 Å². The molecule has 5 aliphatic rings. The molecule has 6 rings (SSSR count). The first kappa shape index (κ1) is 20.8. The van der Waals surface area contributed by atoms with E-state index in [0.29, 0.717) is 13.1 Å². The van der Waals surface area contributed by atoms with Crippen molar-refractivity contribution in [1.82, 2.24) is 10.2 Å². The van der Waals surface area contributed by atoms with Crippen LogP contribution in [0.25, 0.3) is 0 Å². The summed E-state index contributed by atoms with van der Waals surface area (Å²) in [6.45, 7) is 9.19. The summed E-state index contributed by atoms with van der Waals surface area (Å²) in [5, 5.41) is 3.15. The maximum Gasteiger partial charge on any atom is 0.312 e. The summed E-state index contributed by atoms with van der Waals surface area (Å²) in [5.41, 5.74) is 4.05. The molecule has 1 saturated heterocycles. The molecule has 31 heavy (non-hydrogen) atoms. The standard InChI is InChI=1S/C26H37N3O2/c1-17-5-4-6-23(18(17)2)28-7-9-29(10-8-28)25(31)24(30)27-19(3)26-14-20-11-21(15-26)13-22(12-20)16-26/h4-6,19-22H,7-16H2,1-3H3,(H,27,30). The first-order valence-corrected chi connectivity index (χ1v) is 12.3. The van der Waals surface area contributed by atoms with Crippen LogP contribution in [0.2, 0.25) is 0 Å². The Balaban J connectivity index is 1.18. The number of hydrogen-bond donors (Lipinski definition) is 1. The van der Waals surface area contributed by atoms with E-state index in [1.807, 2.05) is 0 Å². The fourth-order valence-corrected chi connectivity index (χ4v) is 7.49. The fraction of sp³-hybridized carbons (Fsp3) is 0.692. The van der Waals surface area contributed by atoms with Gasteiger partial charge in [0.25, 0.3) is 0 Å². The van der Waals surface area contributed by atoms with Crippen LogP contribution in [0.3, 0.4) is 0 Å². The molecule has 0 radical (unpaired) electrons. The van der Waals surface area contributed by atoms with Crippen molar-refractivity contribution < 1.29 is 9.59 Å². The number of amides is 2. The normalized spacial score (nSPS) is 32.8. The Bertz CT molecular complexity index is 836. The van der Waals surface area contributed by atoms with Crippen LogP contribution in [0, 0.1) is 37.0 Å². The maximum absolute atomic E-state index is 12.9. The van der Waals surface area contributed by atoms with Gasteiger partial charge in [0.2, 0.25) is 0 Å². The van der Waals surface area contributed by atoms with E-state index in [0.717, 1.165) is 30.8 Å². The highest BCUT2D eigenvalue weighted by molar-refractivity contribution is 6.35. The number of aryl methyl sites for hydroxylation is 1. The Morgan fingerprint density at radius 3 is 2.13 bits per heavy atom. The van der Waals surface area contributed by atoms with Crippen molar-refractivity contribution in [2.24, 2.45) is 23.2 Å². The van der Waals surface area contributed by atoms with Crippen molar-refractivity contribution in [3.8, 4) is 0 Å². The Morgan fingerprint density at radius 2 is 1.55 bits per heavy atom. The highest BCUT2D eigenvalue weighted by Gasteiger charge is 2.53. The van der Waals surface area contributed by atoms with Crippen LogP contribution in [0.1, 0.15) is 56.6 Å². The van der Waals surface area contributed by atoms with Gasteiger partial charge in [0.15, 0.2) is 0 Å². The lowest BCUT2D eigenvalue weighted by molar-refractivity contribution is -0.148. The molecule has 0 spiro atoms. The quantitative estimate of drug-likeness (QED) is 0.755. The topological polar surface area (TPSA) is 52.7 Å². The van der Waals surface area contributed by atoms with Crippen LogP contribution in [-0.4, -0.2) is 48.9 Å². The first-order valence-electron chi connectivity index (χ1n) is 12.3. The maximum atomic E-state index is 12.9. The molecule has 1 aromatic rings. The SMILES string of the molecule is Cc1cccc(N2CCN(C(=O)C(=O)NC(C)C34CC5CC(CC(C5)C3)C4)CC2)c1C. The van der Waals surface area contributed by atoms with Crippen LogP contribution in [0.5, 0.6) is 0 Å². The number of hydrogen-bond acceptors (Lipinski definition) is 3. The second-order valence-corrected chi connectivity index (χ2v) is 11.0. The number of benzene rings is 1. The third kappa shape index (κ3) is 3.74. The summed E-state index contributed by atoms with van der Waals surface area (Å²) in [6, 6.07) is 6.47. The number of nitrogens with zero attached hydrogens (tertiary/aromatic N) is 2. The Morgan fingerprint density at radius 1 is 0.968 bits per heavy atom. The van der Waals surface area contributed by atoms with Crippen molar-refractivity contribution >= 4 is 17.5 Å². The van der Waals surface area contributed by atoms with Crippen molar-refractivity contribution in [3.05, 3.63) is 29.3 Å². The second-order valence-electron chi connectivity index (χ2n) is 11.0. The number of anilines is 1. The lowest BCUT2D eigenvalue weighted by Gasteiger charge is -2.59. The van der Waals surface area contributed by atoms with E-state index >= 15 is 0 Å². The summed E-state index contributed by atoms with van der Waals surface area (Å²) in [5.74, 6) is 1.79. The zero-order valence-electron chi connectivity index (χ0n) is 19.3. The molecule has 168 valence electrons. The van der Waals surface area contributed by atoms with Crippen LogP contribution in [-0.2, 0) is 9.59 Å². The van der Waals surface area contributed by atoms with E-state index in [4.69, 9.17) is 0 Å².